The first-order valence-electron chi connectivity index (χ1n) is 9.30. The molecule has 0 bridgehead atoms. The zero-order valence-corrected chi connectivity index (χ0v) is 15.1. The number of benzene rings is 1. The lowest BCUT2D eigenvalue weighted by molar-refractivity contribution is 0.00969. The van der Waals surface area contributed by atoms with Crippen LogP contribution >= 0.6 is 0 Å². The van der Waals surface area contributed by atoms with E-state index >= 15 is 0 Å². The molecule has 0 radical (unpaired) electrons. The van der Waals surface area contributed by atoms with Gasteiger partial charge in [0.1, 0.15) is 5.82 Å². The topological polar surface area (TPSA) is 33.5 Å². The number of aromatic nitrogens is 2. The van der Waals surface area contributed by atoms with Gasteiger partial charge in [-0.05, 0) is 31.5 Å². The second-order valence-electron chi connectivity index (χ2n) is 7.58. The molecule has 2 aliphatic heterocycles. The van der Waals surface area contributed by atoms with Gasteiger partial charge >= 0.3 is 0 Å². The summed E-state index contributed by atoms with van der Waals surface area (Å²) in [5, 5.41) is 0. The molecule has 1 atom stereocenters. The molecule has 134 valence electrons. The van der Waals surface area contributed by atoms with E-state index in [1.54, 1.807) is 0 Å². The third kappa shape index (κ3) is 3.72. The normalized spacial score (nSPS) is 25.2. The van der Waals surface area contributed by atoms with Crippen LogP contribution in [-0.2, 0) is 18.3 Å². The molecule has 1 spiro atoms. The second kappa shape index (κ2) is 7.18. The molecular formula is C20H28N4O. The smallest absolute Gasteiger partial charge is 0.122 e. The summed E-state index contributed by atoms with van der Waals surface area (Å²) in [4.78, 5) is 9.57. The van der Waals surface area contributed by atoms with Gasteiger partial charge in [-0.1, -0.05) is 18.2 Å². The molecule has 2 saturated heterocycles. The summed E-state index contributed by atoms with van der Waals surface area (Å²) in [5.74, 6) is 1.14. The summed E-state index contributed by atoms with van der Waals surface area (Å²) >= 11 is 0. The first-order chi connectivity index (χ1) is 12.2. The molecular weight excluding hydrogens is 312 g/mol. The van der Waals surface area contributed by atoms with Gasteiger partial charge in [0, 0.05) is 50.2 Å². The lowest BCUT2D eigenvalue weighted by Crippen LogP contribution is -2.50. The maximum Gasteiger partial charge on any atom is 0.122 e. The Morgan fingerprint density at radius 2 is 2.04 bits per heavy atom. The van der Waals surface area contributed by atoms with E-state index in [1.807, 2.05) is 12.4 Å². The Morgan fingerprint density at radius 1 is 1.16 bits per heavy atom. The van der Waals surface area contributed by atoms with Gasteiger partial charge in [0.05, 0.1) is 19.8 Å². The van der Waals surface area contributed by atoms with Gasteiger partial charge in [-0.2, -0.15) is 0 Å². The van der Waals surface area contributed by atoms with Crippen LogP contribution in [0.15, 0.2) is 42.7 Å². The summed E-state index contributed by atoms with van der Waals surface area (Å²) in [6.45, 7) is 6.91. The highest BCUT2D eigenvalue weighted by Gasteiger charge is 2.39. The minimum absolute atomic E-state index is 0.218. The van der Waals surface area contributed by atoms with Crippen molar-refractivity contribution in [2.45, 2.75) is 19.4 Å². The highest BCUT2D eigenvalue weighted by atomic mass is 16.5. The van der Waals surface area contributed by atoms with Crippen LogP contribution in [0.4, 0.5) is 5.69 Å². The summed E-state index contributed by atoms with van der Waals surface area (Å²) in [6, 6.07) is 10.8. The quantitative estimate of drug-likeness (QED) is 0.860. The molecule has 0 N–H and O–H groups in total. The van der Waals surface area contributed by atoms with Gasteiger partial charge in [-0.25, -0.2) is 4.98 Å². The molecule has 0 saturated carbocycles. The number of para-hydroxylation sites is 1. The lowest BCUT2D eigenvalue weighted by Gasteiger charge is -2.44. The molecule has 1 aromatic heterocycles. The molecule has 1 aromatic carbocycles. The monoisotopic (exact) mass is 340 g/mol. The second-order valence-corrected chi connectivity index (χ2v) is 7.58. The fourth-order valence-corrected chi connectivity index (χ4v) is 4.29. The van der Waals surface area contributed by atoms with Gasteiger partial charge in [0.2, 0.25) is 0 Å². The van der Waals surface area contributed by atoms with Gasteiger partial charge in [-0.15, -0.1) is 0 Å². The van der Waals surface area contributed by atoms with Crippen molar-refractivity contribution in [1.82, 2.24) is 14.5 Å². The molecule has 2 aliphatic rings. The van der Waals surface area contributed by atoms with E-state index in [-0.39, 0.29) is 5.41 Å². The van der Waals surface area contributed by atoms with Crippen molar-refractivity contribution in [3.63, 3.8) is 0 Å². The highest BCUT2D eigenvalue weighted by Crippen LogP contribution is 2.35. The third-order valence-corrected chi connectivity index (χ3v) is 5.59. The Morgan fingerprint density at radius 3 is 2.84 bits per heavy atom. The maximum atomic E-state index is 6.06. The van der Waals surface area contributed by atoms with Crippen LogP contribution in [-0.4, -0.2) is 53.8 Å². The summed E-state index contributed by atoms with van der Waals surface area (Å²) in [5.41, 5.74) is 1.53. The molecule has 0 unspecified atom stereocenters. The Balaban J connectivity index is 1.49. The number of nitrogens with zero attached hydrogens (tertiary/aromatic N) is 4. The summed E-state index contributed by atoms with van der Waals surface area (Å²) in [7, 11) is 2.08. The van der Waals surface area contributed by atoms with E-state index in [1.165, 1.54) is 18.5 Å². The van der Waals surface area contributed by atoms with Crippen LogP contribution in [0.1, 0.15) is 18.7 Å². The van der Waals surface area contributed by atoms with Crippen molar-refractivity contribution < 1.29 is 4.74 Å². The van der Waals surface area contributed by atoms with Gasteiger partial charge < -0.3 is 14.2 Å². The van der Waals surface area contributed by atoms with E-state index in [9.17, 15) is 0 Å². The van der Waals surface area contributed by atoms with Gasteiger partial charge in [0.25, 0.3) is 0 Å². The minimum Gasteiger partial charge on any atom is -0.379 e. The first kappa shape index (κ1) is 16.6. The van der Waals surface area contributed by atoms with Crippen molar-refractivity contribution >= 4 is 5.69 Å². The van der Waals surface area contributed by atoms with Gasteiger partial charge in [0.15, 0.2) is 0 Å². The first-order valence-corrected chi connectivity index (χ1v) is 9.30. The molecule has 3 heterocycles. The average molecular weight is 340 g/mol. The van der Waals surface area contributed by atoms with Crippen molar-refractivity contribution in [1.29, 1.82) is 0 Å². The largest absolute Gasteiger partial charge is 0.379 e. The number of rotatable bonds is 3. The molecule has 5 heteroatoms. The third-order valence-electron chi connectivity index (χ3n) is 5.59. The van der Waals surface area contributed by atoms with Crippen molar-refractivity contribution in [3.8, 4) is 0 Å². The van der Waals surface area contributed by atoms with E-state index < -0.39 is 0 Å². The number of aryl methyl sites for hydroxylation is 1. The number of likely N-dealkylation sites (tertiary alicyclic amines) is 1. The number of ether oxygens (including phenoxy) is 1. The van der Waals surface area contributed by atoms with E-state index in [0.29, 0.717) is 0 Å². The number of anilines is 1. The van der Waals surface area contributed by atoms with E-state index in [2.05, 4.69) is 56.7 Å². The molecule has 25 heavy (non-hydrogen) atoms. The summed E-state index contributed by atoms with van der Waals surface area (Å²) < 4.78 is 8.18. The van der Waals surface area contributed by atoms with Gasteiger partial charge in [-0.3, -0.25) is 4.90 Å². The zero-order chi connectivity index (χ0) is 17.1. The Kier molecular flexibility index (Phi) is 4.77. The molecule has 5 nitrogen and oxygen atoms in total. The Hall–Kier alpha value is -1.85. The van der Waals surface area contributed by atoms with Crippen LogP contribution in [0.3, 0.4) is 0 Å². The molecule has 2 fully saturated rings. The highest BCUT2D eigenvalue weighted by molar-refractivity contribution is 5.46. The van der Waals surface area contributed by atoms with Crippen LogP contribution < -0.4 is 4.90 Å². The SMILES string of the molecule is Cn1ccnc1CN1CCC[C@]2(COCCN(c3ccccc3)C2)C1. The molecule has 0 amide bonds. The number of imidazole rings is 1. The fourth-order valence-electron chi connectivity index (χ4n) is 4.29. The lowest BCUT2D eigenvalue weighted by atomic mass is 9.80. The predicted molar refractivity (Wildman–Crippen MR) is 99.6 cm³/mol. The van der Waals surface area contributed by atoms with Crippen LogP contribution in [0.5, 0.6) is 0 Å². The average Bonchev–Trinajstić information content (AvgIpc) is 2.92. The minimum atomic E-state index is 0.218. The van der Waals surface area contributed by atoms with E-state index in [0.717, 1.165) is 51.8 Å². The van der Waals surface area contributed by atoms with Crippen LogP contribution in [0.2, 0.25) is 0 Å². The van der Waals surface area contributed by atoms with Crippen LogP contribution in [0, 0.1) is 5.41 Å². The molecule has 2 aromatic rings. The number of piperidine rings is 1. The predicted octanol–water partition coefficient (Wildman–Crippen LogP) is 2.54. The standard InChI is InChI=1S/C20H28N4O/c1-22-11-9-21-19(22)14-23-10-5-8-20(15-23)16-24(12-13-25-17-20)18-6-3-2-4-7-18/h2-4,6-7,9,11H,5,8,10,12-17H2,1H3/t20-/m0/s1. The number of hydrogen-bond donors (Lipinski definition) is 0. The fraction of sp³-hybridized carbons (Fsp3) is 0.550. The maximum absolute atomic E-state index is 6.06. The van der Waals surface area contributed by atoms with Crippen LogP contribution in [0.25, 0.3) is 0 Å². The Labute approximate surface area is 150 Å². The van der Waals surface area contributed by atoms with E-state index in [4.69, 9.17) is 4.74 Å². The van der Waals surface area contributed by atoms with Crippen molar-refractivity contribution in [2.75, 3.05) is 44.3 Å². The van der Waals surface area contributed by atoms with Crippen molar-refractivity contribution in [3.05, 3.63) is 48.5 Å². The molecule has 4 rings (SSSR count). The summed E-state index contributed by atoms with van der Waals surface area (Å²) in [6.07, 6.45) is 6.39. The molecule has 0 aliphatic carbocycles. The number of hydrogen-bond acceptors (Lipinski definition) is 4. The van der Waals surface area contributed by atoms with Crippen molar-refractivity contribution in [2.24, 2.45) is 12.5 Å². The Bertz CT molecular complexity index is 686. The zero-order valence-electron chi connectivity index (χ0n) is 15.1.